The first kappa shape index (κ1) is 12.3. The third kappa shape index (κ3) is 3.72. The Hall–Kier alpha value is -0.120. The van der Waals surface area contributed by atoms with Gasteiger partial charge in [-0.3, -0.25) is 0 Å². The highest BCUT2D eigenvalue weighted by molar-refractivity contribution is 4.86. The molecule has 16 heavy (non-hydrogen) atoms. The number of nitrogens with zero attached hydrogens (tertiary/aromatic N) is 1. The van der Waals surface area contributed by atoms with Gasteiger partial charge < -0.3 is 15.3 Å². The maximum atomic E-state index is 10.2. The van der Waals surface area contributed by atoms with Crippen LogP contribution in [0.4, 0.5) is 0 Å². The van der Waals surface area contributed by atoms with Crippen molar-refractivity contribution in [2.24, 2.45) is 0 Å². The fraction of sp³-hybridized carbons (Fsp3) is 1.00. The fourth-order valence-electron chi connectivity index (χ4n) is 2.95. The Bertz CT molecular complexity index is 196. The molecular formula is C13H26N2O. The van der Waals surface area contributed by atoms with Crippen LogP contribution in [0.3, 0.4) is 0 Å². The zero-order valence-electron chi connectivity index (χ0n) is 10.4. The molecule has 2 aliphatic rings. The highest BCUT2D eigenvalue weighted by Crippen LogP contribution is 2.28. The second-order valence-corrected chi connectivity index (χ2v) is 5.51. The van der Waals surface area contributed by atoms with Gasteiger partial charge in [0.25, 0.3) is 0 Å². The van der Waals surface area contributed by atoms with Crippen molar-refractivity contribution in [1.82, 2.24) is 10.2 Å². The molecule has 0 aromatic heterocycles. The van der Waals surface area contributed by atoms with Crippen molar-refractivity contribution in [2.45, 2.75) is 50.5 Å². The van der Waals surface area contributed by atoms with E-state index in [9.17, 15) is 5.11 Å². The van der Waals surface area contributed by atoms with Crippen molar-refractivity contribution in [3.05, 3.63) is 0 Å². The van der Waals surface area contributed by atoms with E-state index in [-0.39, 0.29) is 5.60 Å². The van der Waals surface area contributed by atoms with Crippen LogP contribution in [0.2, 0.25) is 0 Å². The summed E-state index contributed by atoms with van der Waals surface area (Å²) in [4.78, 5) is 2.54. The Balaban J connectivity index is 1.54. The summed E-state index contributed by atoms with van der Waals surface area (Å²) in [5.74, 6) is 0. The molecule has 1 aliphatic heterocycles. The van der Waals surface area contributed by atoms with Gasteiger partial charge in [0.05, 0.1) is 5.60 Å². The molecule has 2 rings (SSSR count). The molecule has 0 radical (unpaired) electrons. The molecule has 2 fully saturated rings. The maximum absolute atomic E-state index is 10.2. The summed E-state index contributed by atoms with van der Waals surface area (Å²) in [6.07, 6.45) is 8.51. The van der Waals surface area contributed by atoms with E-state index in [4.69, 9.17) is 0 Å². The van der Waals surface area contributed by atoms with Gasteiger partial charge in [0.1, 0.15) is 0 Å². The summed E-state index contributed by atoms with van der Waals surface area (Å²) in [6.45, 7) is 5.51. The molecule has 1 aliphatic carbocycles. The Morgan fingerprint density at radius 1 is 1.00 bits per heavy atom. The van der Waals surface area contributed by atoms with Gasteiger partial charge in [0, 0.05) is 19.6 Å². The van der Waals surface area contributed by atoms with Crippen molar-refractivity contribution < 1.29 is 5.11 Å². The van der Waals surface area contributed by atoms with Crippen LogP contribution in [0.1, 0.15) is 44.9 Å². The largest absolute Gasteiger partial charge is 0.389 e. The minimum absolute atomic E-state index is 0.387. The first-order chi connectivity index (χ1) is 7.79. The Morgan fingerprint density at radius 3 is 2.38 bits per heavy atom. The number of nitrogens with one attached hydrogen (secondary N) is 1. The fourth-order valence-corrected chi connectivity index (χ4v) is 2.95. The van der Waals surface area contributed by atoms with Crippen LogP contribution in [-0.2, 0) is 0 Å². The number of piperidine rings is 1. The van der Waals surface area contributed by atoms with Gasteiger partial charge in [-0.15, -0.1) is 0 Å². The minimum Gasteiger partial charge on any atom is -0.389 e. The van der Waals surface area contributed by atoms with E-state index in [2.05, 4.69) is 10.2 Å². The first-order valence-corrected chi connectivity index (χ1v) is 6.94. The molecule has 2 N–H and O–H groups in total. The summed E-state index contributed by atoms with van der Waals surface area (Å²) < 4.78 is 0. The van der Waals surface area contributed by atoms with Gasteiger partial charge in [-0.25, -0.2) is 0 Å². The van der Waals surface area contributed by atoms with Crippen LogP contribution in [0.25, 0.3) is 0 Å². The van der Waals surface area contributed by atoms with E-state index < -0.39 is 0 Å². The van der Waals surface area contributed by atoms with Crippen LogP contribution < -0.4 is 5.32 Å². The molecule has 94 valence electrons. The normalized spacial score (nSPS) is 26.1. The second-order valence-electron chi connectivity index (χ2n) is 5.51. The summed E-state index contributed by atoms with van der Waals surface area (Å²) >= 11 is 0. The molecular weight excluding hydrogens is 200 g/mol. The lowest BCUT2D eigenvalue weighted by Gasteiger charge is -2.27. The predicted molar refractivity (Wildman–Crippen MR) is 66.6 cm³/mol. The molecule has 1 saturated carbocycles. The molecule has 0 bridgehead atoms. The van der Waals surface area contributed by atoms with Crippen LogP contribution in [0.5, 0.6) is 0 Å². The van der Waals surface area contributed by atoms with Crippen LogP contribution in [0, 0.1) is 0 Å². The van der Waals surface area contributed by atoms with Crippen molar-refractivity contribution in [1.29, 1.82) is 0 Å². The smallest absolute Gasteiger partial charge is 0.0771 e. The average Bonchev–Trinajstić information content (AvgIpc) is 2.74. The lowest BCUT2D eigenvalue weighted by molar-refractivity contribution is 0.0471. The zero-order chi connectivity index (χ0) is 11.3. The molecule has 0 spiro atoms. The number of hydrogen-bond donors (Lipinski definition) is 2. The SMILES string of the molecule is OC1(CNCCN2CCCCC2)CCCC1. The summed E-state index contributed by atoms with van der Waals surface area (Å²) in [5.41, 5.74) is -0.387. The quantitative estimate of drug-likeness (QED) is 0.695. The van der Waals surface area contributed by atoms with Gasteiger partial charge in [0.15, 0.2) is 0 Å². The van der Waals surface area contributed by atoms with Gasteiger partial charge in [-0.1, -0.05) is 19.3 Å². The van der Waals surface area contributed by atoms with Crippen molar-refractivity contribution in [3.8, 4) is 0 Å². The number of aliphatic hydroxyl groups is 1. The Morgan fingerprint density at radius 2 is 1.69 bits per heavy atom. The van der Waals surface area contributed by atoms with E-state index in [1.807, 2.05) is 0 Å². The third-order valence-corrected chi connectivity index (χ3v) is 4.04. The summed E-state index contributed by atoms with van der Waals surface area (Å²) in [6, 6.07) is 0. The maximum Gasteiger partial charge on any atom is 0.0771 e. The molecule has 0 unspecified atom stereocenters. The van der Waals surface area contributed by atoms with Crippen molar-refractivity contribution in [3.63, 3.8) is 0 Å². The minimum atomic E-state index is -0.387. The predicted octanol–water partition coefficient (Wildman–Crippen LogP) is 1.37. The lowest BCUT2D eigenvalue weighted by atomic mass is 10.0. The first-order valence-electron chi connectivity index (χ1n) is 6.94. The van der Waals surface area contributed by atoms with Gasteiger partial charge >= 0.3 is 0 Å². The van der Waals surface area contributed by atoms with E-state index in [0.29, 0.717) is 0 Å². The average molecular weight is 226 g/mol. The highest BCUT2D eigenvalue weighted by Gasteiger charge is 2.30. The molecule has 1 heterocycles. The monoisotopic (exact) mass is 226 g/mol. The van der Waals surface area contributed by atoms with Crippen LogP contribution >= 0.6 is 0 Å². The number of hydrogen-bond acceptors (Lipinski definition) is 3. The van der Waals surface area contributed by atoms with Crippen LogP contribution in [0.15, 0.2) is 0 Å². The Labute approximate surface area is 99.2 Å². The van der Waals surface area contributed by atoms with Gasteiger partial charge in [0.2, 0.25) is 0 Å². The van der Waals surface area contributed by atoms with E-state index >= 15 is 0 Å². The molecule has 0 aromatic rings. The number of likely N-dealkylation sites (tertiary alicyclic amines) is 1. The standard InChI is InChI=1S/C13H26N2O/c16-13(6-2-3-7-13)12-14-8-11-15-9-4-1-5-10-15/h14,16H,1-12H2. The van der Waals surface area contributed by atoms with Crippen LogP contribution in [-0.4, -0.2) is 48.3 Å². The molecule has 1 saturated heterocycles. The van der Waals surface area contributed by atoms with E-state index in [0.717, 1.165) is 32.5 Å². The van der Waals surface area contributed by atoms with Gasteiger partial charge in [-0.2, -0.15) is 0 Å². The van der Waals surface area contributed by atoms with Crippen molar-refractivity contribution in [2.75, 3.05) is 32.7 Å². The topological polar surface area (TPSA) is 35.5 Å². The summed E-state index contributed by atoms with van der Waals surface area (Å²) in [5, 5.41) is 13.6. The molecule has 3 nitrogen and oxygen atoms in total. The van der Waals surface area contributed by atoms with E-state index in [1.54, 1.807) is 0 Å². The third-order valence-electron chi connectivity index (χ3n) is 4.04. The van der Waals surface area contributed by atoms with Gasteiger partial charge in [-0.05, 0) is 38.8 Å². The Kier molecular flexibility index (Phi) is 4.62. The molecule has 3 heteroatoms. The second kappa shape index (κ2) is 5.99. The molecule has 0 amide bonds. The molecule has 0 aromatic carbocycles. The summed E-state index contributed by atoms with van der Waals surface area (Å²) in [7, 11) is 0. The zero-order valence-corrected chi connectivity index (χ0v) is 10.4. The highest BCUT2D eigenvalue weighted by atomic mass is 16.3. The van der Waals surface area contributed by atoms with E-state index in [1.165, 1.54) is 45.2 Å². The van der Waals surface area contributed by atoms with Crippen molar-refractivity contribution >= 4 is 0 Å². The molecule has 0 atom stereocenters. The number of rotatable bonds is 5. The lowest BCUT2D eigenvalue weighted by Crippen LogP contribution is -2.42.